The molecule has 0 aliphatic heterocycles. The first kappa shape index (κ1) is 13.6. The minimum absolute atomic E-state index is 0.526. The summed E-state index contributed by atoms with van der Waals surface area (Å²) in [7, 11) is 2.09. The molecular weight excluding hydrogens is 246 g/mol. The highest BCUT2D eigenvalue weighted by molar-refractivity contribution is 6.31. The van der Waals surface area contributed by atoms with Crippen LogP contribution in [-0.4, -0.2) is 23.1 Å². The van der Waals surface area contributed by atoms with Crippen molar-refractivity contribution in [2.24, 2.45) is 5.92 Å². The van der Waals surface area contributed by atoms with Crippen LogP contribution in [0.5, 0.6) is 0 Å². The molecule has 1 aromatic rings. The number of hydrogen-bond acceptors (Lipinski definition) is 3. The van der Waals surface area contributed by atoms with Gasteiger partial charge in [-0.2, -0.15) is 0 Å². The van der Waals surface area contributed by atoms with Crippen LogP contribution in [-0.2, 0) is 0 Å². The quantitative estimate of drug-likeness (QED) is 0.817. The summed E-state index contributed by atoms with van der Waals surface area (Å²) in [5.41, 5.74) is 1.87. The van der Waals surface area contributed by atoms with Gasteiger partial charge in [-0.15, -0.1) is 0 Å². The van der Waals surface area contributed by atoms with E-state index < -0.39 is 0 Å². The van der Waals surface area contributed by atoms with Crippen molar-refractivity contribution >= 4 is 17.4 Å². The van der Waals surface area contributed by atoms with Gasteiger partial charge >= 0.3 is 0 Å². The zero-order valence-corrected chi connectivity index (χ0v) is 12.5. The van der Waals surface area contributed by atoms with Crippen LogP contribution in [0, 0.1) is 19.8 Å². The first-order chi connectivity index (χ1) is 8.50. The molecule has 18 heavy (non-hydrogen) atoms. The number of hydrogen-bond donors (Lipinski definition) is 0. The molecule has 1 fully saturated rings. The first-order valence-electron chi connectivity index (χ1n) is 6.74. The van der Waals surface area contributed by atoms with Crippen molar-refractivity contribution in [2.45, 2.75) is 52.5 Å². The minimum Gasteiger partial charge on any atom is -0.354 e. The van der Waals surface area contributed by atoms with Gasteiger partial charge in [0.1, 0.15) is 0 Å². The molecule has 1 aromatic heterocycles. The van der Waals surface area contributed by atoms with E-state index in [1.165, 1.54) is 25.7 Å². The van der Waals surface area contributed by atoms with Crippen LogP contribution in [0.15, 0.2) is 0 Å². The summed E-state index contributed by atoms with van der Waals surface area (Å²) in [5.74, 6) is 1.53. The molecular formula is C14H22ClN3. The SMILES string of the molecule is Cc1nc(Cl)c(N(C)C2CCCCC2C)nc1C. The zero-order valence-electron chi connectivity index (χ0n) is 11.7. The normalized spacial score (nSPS) is 24.1. The summed E-state index contributed by atoms with van der Waals surface area (Å²) >= 11 is 6.25. The van der Waals surface area contributed by atoms with E-state index >= 15 is 0 Å². The molecule has 0 bridgehead atoms. The molecule has 0 amide bonds. The Kier molecular flexibility index (Phi) is 4.10. The number of nitrogens with zero attached hydrogens (tertiary/aromatic N) is 3. The summed E-state index contributed by atoms with van der Waals surface area (Å²) in [4.78, 5) is 11.2. The lowest BCUT2D eigenvalue weighted by Crippen LogP contribution is -2.39. The summed E-state index contributed by atoms with van der Waals surface area (Å²) < 4.78 is 0. The molecule has 0 radical (unpaired) electrons. The van der Waals surface area contributed by atoms with Crippen molar-refractivity contribution in [1.29, 1.82) is 0 Å². The van der Waals surface area contributed by atoms with Gasteiger partial charge in [0.15, 0.2) is 11.0 Å². The Morgan fingerprint density at radius 3 is 2.39 bits per heavy atom. The van der Waals surface area contributed by atoms with Crippen LogP contribution in [0.3, 0.4) is 0 Å². The van der Waals surface area contributed by atoms with Crippen LogP contribution < -0.4 is 4.90 Å². The average molecular weight is 268 g/mol. The number of aromatic nitrogens is 2. The van der Waals surface area contributed by atoms with Crippen molar-refractivity contribution in [3.05, 3.63) is 16.5 Å². The van der Waals surface area contributed by atoms with E-state index in [9.17, 15) is 0 Å². The van der Waals surface area contributed by atoms with Gasteiger partial charge in [0, 0.05) is 13.1 Å². The van der Waals surface area contributed by atoms with E-state index in [1.54, 1.807) is 0 Å². The Hall–Kier alpha value is -0.830. The van der Waals surface area contributed by atoms with Crippen molar-refractivity contribution in [3.8, 4) is 0 Å². The maximum Gasteiger partial charge on any atom is 0.171 e. The van der Waals surface area contributed by atoms with E-state index in [1.807, 2.05) is 13.8 Å². The second-order valence-electron chi connectivity index (χ2n) is 5.45. The zero-order chi connectivity index (χ0) is 13.3. The van der Waals surface area contributed by atoms with Crippen molar-refractivity contribution < 1.29 is 0 Å². The molecule has 4 heteroatoms. The highest BCUT2D eigenvalue weighted by Gasteiger charge is 2.27. The molecule has 100 valence electrons. The molecule has 1 aliphatic carbocycles. The van der Waals surface area contributed by atoms with Gasteiger partial charge in [-0.05, 0) is 32.6 Å². The van der Waals surface area contributed by atoms with Gasteiger partial charge in [0.25, 0.3) is 0 Å². The second kappa shape index (κ2) is 5.43. The molecule has 2 unspecified atom stereocenters. The fourth-order valence-electron chi connectivity index (χ4n) is 2.82. The van der Waals surface area contributed by atoms with Gasteiger partial charge in [-0.1, -0.05) is 31.4 Å². The van der Waals surface area contributed by atoms with Crippen LogP contribution >= 0.6 is 11.6 Å². The lowest BCUT2D eigenvalue weighted by molar-refractivity contribution is 0.320. The lowest BCUT2D eigenvalue weighted by Gasteiger charge is -2.37. The van der Waals surface area contributed by atoms with E-state index in [2.05, 4.69) is 28.8 Å². The Morgan fingerprint density at radius 1 is 1.11 bits per heavy atom. The van der Waals surface area contributed by atoms with E-state index in [0.717, 1.165) is 17.2 Å². The summed E-state index contributed by atoms with van der Waals surface area (Å²) in [6, 6.07) is 0.535. The van der Waals surface area contributed by atoms with Crippen LogP contribution in [0.2, 0.25) is 5.15 Å². The van der Waals surface area contributed by atoms with Gasteiger partial charge in [-0.3, -0.25) is 0 Å². The standard InChI is InChI=1S/C14H22ClN3/c1-9-7-5-6-8-12(9)18(4)14-13(15)16-10(2)11(3)17-14/h9,12H,5-8H2,1-4H3. The number of aryl methyl sites for hydroxylation is 2. The predicted molar refractivity (Wildman–Crippen MR) is 76.3 cm³/mol. The fourth-order valence-corrected chi connectivity index (χ4v) is 3.12. The Morgan fingerprint density at radius 2 is 1.72 bits per heavy atom. The van der Waals surface area contributed by atoms with Gasteiger partial charge < -0.3 is 4.90 Å². The summed E-state index contributed by atoms with van der Waals surface area (Å²) in [5, 5.41) is 0.526. The van der Waals surface area contributed by atoms with Crippen LogP contribution in [0.25, 0.3) is 0 Å². The number of halogens is 1. The summed E-state index contributed by atoms with van der Waals surface area (Å²) in [6.07, 6.45) is 5.17. The smallest absolute Gasteiger partial charge is 0.171 e. The van der Waals surface area contributed by atoms with Gasteiger partial charge in [0.05, 0.1) is 11.4 Å². The maximum atomic E-state index is 6.25. The highest BCUT2D eigenvalue weighted by Crippen LogP contribution is 2.32. The third kappa shape index (κ3) is 2.61. The largest absolute Gasteiger partial charge is 0.354 e. The number of anilines is 1. The van der Waals surface area contributed by atoms with E-state index in [4.69, 9.17) is 11.6 Å². The second-order valence-corrected chi connectivity index (χ2v) is 5.81. The third-order valence-electron chi connectivity index (χ3n) is 4.15. The van der Waals surface area contributed by atoms with E-state index in [0.29, 0.717) is 17.1 Å². The molecule has 2 rings (SSSR count). The third-order valence-corrected chi connectivity index (χ3v) is 4.40. The molecule has 0 saturated heterocycles. The van der Waals surface area contributed by atoms with Crippen molar-refractivity contribution in [2.75, 3.05) is 11.9 Å². The highest BCUT2D eigenvalue weighted by atomic mass is 35.5. The minimum atomic E-state index is 0.526. The molecule has 3 nitrogen and oxygen atoms in total. The number of rotatable bonds is 2. The molecule has 0 aromatic carbocycles. The van der Waals surface area contributed by atoms with Gasteiger partial charge in [-0.25, -0.2) is 9.97 Å². The first-order valence-corrected chi connectivity index (χ1v) is 7.12. The summed E-state index contributed by atoms with van der Waals surface area (Å²) in [6.45, 7) is 6.25. The Balaban J connectivity index is 2.27. The molecule has 1 saturated carbocycles. The molecule has 1 aliphatic rings. The van der Waals surface area contributed by atoms with E-state index in [-0.39, 0.29) is 0 Å². The fraction of sp³-hybridized carbons (Fsp3) is 0.714. The molecule has 1 heterocycles. The van der Waals surface area contributed by atoms with Crippen molar-refractivity contribution in [1.82, 2.24) is 9.97 Å². The predicted octanol–water partition coefficient (Wildman–Crippen LogP) is 3.76. The average Bonchev–Trinajstić information content (AvgIpc) is 2.33. The molecule has 0 spiro atoms. The topological polar surface area (TPSA) is 29.0 Å². The van der Waals surface area contributed by atoms with Crippen LogP contribution in [0.1, 0.15) is 44.0 Å². The molecule has 2 atom stereocenters. The Bertz CT molecular complexity index is 433. The van der Waals surface area contributed by atoms with Crippen molar-refractivity contribution in [3.63, 3.8) is 0 Å². The lowest BCUT2D eigenvalue weighted by atomic mass is 9.85. The molecule has 0 N–H and O–H groups in total. The monoisotopic (exact) mass is 267 g/mol. The Labute approximate surface area is 115 Å². The maximum absolute atomic E-state index is 6.25. The van der Waals surface area contributed by atoms with Crippen LogP contribution in [0.4, 0.5) is 5.82 Å². The van der Waals surface area contributed by atoms with Gasteiger partial charge in [0.2, 0.25) is 0 Å².